The molecule has 12 heteroatoms. The molecule has 1 heterocycles. The standard InChI is InChI=1S/C20H19F2N3O6S/c21-14-7-4-8-15(22)19(14)32(29,30)23-10-9-17(26)24-16(13-5-2-1-3-6-13)11-25-18(27)12-31-20(25)28/h1-8,16,23H,9-12H2,(H,24,26). The summed E-state index contributed by atoms with van der Waals surface area (Å²) in [5.74, 6) is -3.68. The summed E-state index contributed by atoms with van der Waals surface area (Å²) in [4.78, 5) is 35.7. The first-order chi connectivity index (χ1) is 15.2. The number of benzene rings is 2. The third-order valence-electron chi connectivity index (χ3n) is 4.57. The van der Waals surface area contributed by atoms with Gasteiger partial charge in [0.25, 0.3) is 5.91 Å². The Kier molecular flexibility index (Phi) is 7.15. The van der Waals surface area contributed by atoms with Crippen molar-refractivity contribution in [2.24, 2.45) is 0 Å². The van der Waals surface area contributed by atoms with Crippen LogP contribution in [0, 0.1) is 11.6 Å². The maximum Gasteiger partial charge on any atom is 0.417 e. The van der Waals surface area contributed by atoms with Gasteiger partial charge >= 0.3 is 6.09 Å². The zero-order valence-corrected chi connectivity index (χ0v) is 17.4. The molecule has 0 radical (unpaired) electrons. The number of carbonyl (C=O) groups excluding carboxylic acids is 3. The molecule has 9 nitrogen and oxygen atoms in total. The Morgan fingerprint density at radius 2 is 1.72 bits per heavy atom. The average molecular weight is 467 g/mol. The van der Waals surface area contributed by atoms with Crippen LogP contribution in [0.5, 0.6) is 0 Å². The third-order valence-corrected chi connectivity index (χ3v) is 6.09. The van der Waals surface area contributed by atoms with Crippen LogP contribution in [0.25, 0.3) is 0 Å². The molecule has 1 aliphatic rings. The van der Waals surface area contributed by atoms with Crippen molar-refractivity contribution >= 4 is 27.9 Å². The second-order valence-corrected chi connectivity index (χ2v) is 8.49. The lowest BCUT2D eigenvalue weighted by atomic mass is 10.1. The first-order valence-corrected chi connectivity index (χ1v) is 10.9. The number of hydrogen-bond acceptors (Lipinski definition) is 6. The zero-order valence-electron chi connectivity index (χ0n) is 16.6. The van der Waals surface area contributed by atoms with E-state index in [2.05, 4.69) is 10.1 Å². The number of hydrogen-bond donors (Lipinski definition) is 2. The number of nitrogens with zero attached hydrogens (tertiary/aromatic N) is 1. The summed E-state index contributed by atoms with van der Waals surface area (Å²) in [5, 5.41) is 2.63. The van der Waals surface area contributed by atoms with Crippen LogP contribution in [0.1, 0.15) is 18.0 Å². The van der Waals surface area contributed by atoms with Crippen molar-refractivity contribution < 1.29 is 36.3 Å². The van der Waals surface area contributed by atoms with Gasteiger partial charge in [-0.15, -0.1) is 0 Å². The summed E-state index contributed by atoms with van der Waals surface area (Å²) < 4.78 is 58.5. The highest BCUT2D eigenvalue weighted by Gasteiger charge is 2.33. The topological polar surface area (TPSA) is 122 Å². The van der Waals surface area contributed by atoms with E-state index < -0.39 is 57.0 Å². The van der Waals surface area contributed by atoms with Crippen LogP contribution in [-0.2, 0) is 24.3 Å². The second kappa shape index (κ2) is 9.83. The molecule has 0 aromatic heterocycles. The van der Waals surface area contributed by atoms with Crippen LogP contribution in [0.3, 0.4) is 0 Å². The van der Waals surface area contributed by atoms with Crippen LogP contribution in [0.2, 0.25) is 0 Å². The maximum atomic E-state index is 13.7. The lowest BCUT2D eigenvalue weighted by Gasteiger charge is -2.23. The van der Waals surface area contributed by atoms with Crippen molar-refractivity contribution in [3.8, 4) is 0 Å². The fraction of sp³-hybridized carbons (Fsp3) is 0.250. The molecule has 170 valence electrons. The average Bonchev–Trinajstić information content (AvgIpc) is 3.05. The molecule has 1 atom stereocenters. The number of imide groups is 1. The van der Waals surface area contributed by atoms with Gasteiger partial charge in [-0.05, 0) is 17.7 Å². The number of rotatable bonds is 9. The summed E-state index contributed by atoms with van der Waals surface area (Å²) in [6, 6.07) is 10.4. The Bertz CT molecular complexity index is 1090. The molecule has 1 saturated heterocycles. The molecule has 0 aliphatic carbocycles. The highest BCUT2D eigenvalue weighted by atomic mass is 32.2. The van der Waals surface area contributed by atoms with Crippen molar-refractivity contribution in [1.29, 1.82) is 0 Å². The van der Waals surface area contributed by atoms with Crippen LogP contribution >= 0.6 is 0 Å². The molecule has 32 heavy (non-hydrogen) atoms. The number of ether oxygens (including phenoxy) is 1. The summed E-state index contributed by atoms with van der Waals surface area (Å²) in [6.45, 7) is -1.00. The summed E-state index contributed by atoms with van der Waals surface area (Å²) in [6.07, 6.45) is -1.19. The molecule has 1 aliphatic heterocycles. The molecule has 0 bridgehead atoms. The lowest BCUT2D eigenvalue weighted by Crippen LogP contribution is -2.41. The van der Waals surface area contributed by atoms with Gasteiger partial charge in [-0.2, -0.15) is 0 Å². The number of amides is 3. The molecule has 1 fully saturated rings. The molecule has 0 spiro atoms. The molecular formula is C20H19F2N3O6S. The first kappa shape index (κ1) is 23.3. The SMILES string of the molecule is O=C(CCNS(=O)(=O)c1c(F)cccc1F)NC(CN1C(=O)COC1=O)c1ccccc1. The zero-order chi connectivity index (χ0) is 23.3. The predicted molar refractivity (Wildman–Crippen MR) is 107 cm³/mol. The highest BCUT2D eigenvalue weighted by Crippen LogP contribution is 2.19. The van der Waals surface area contributed by atoms with Gasteiger partial charge in [0.05, 0.1) is 12.6 Å². The Balaban J connectivity index is 1.64. The fourth-order valence-electron chi connectivity index (χ4n) is 3.04. The minimum absolute atomic E-state index is 0.181. The molecule has 3 rings (SSSR count). The number of cyclic esters (lactones) is 1. The van der Waals surface area contributed by atoms with Crippen LogP contribution in [0.15, 0.2) is 53.4 Å². The van der Waals surface area contributed by atoms with Crippen molar-refractivity contribution in [2.75, 3.05) is 19.7 Å². The van der Waals surface area contributed by atoms with E-state index in [0.29, 0.717) is 5.56 Å². The van der Waals surface area contributed by atoms with E-state index in [0.717, 1.165) is 23.1 Å². The summed E-state index contributed by atoms with van der Waals surface area (Å²) in [7, 11) is -4.53. The van der Waals surface area contributed by atoms with E-state index in [4.69, 9.17) is 0 Å². The smallest absolute Gasteiger partial charge is 0.417 e. The second-order valence-electron chi connectivity index (χ2n) is 6.79. The van der Waals surface area contributed by atoms with Crippen molar-refractivity contribution in [1.82, 2.24) is 14.9 Å². The van der Waals surface area contributed by atoms with Crippen LogP contribution in [0.4, 0.5) is 13.6 Å². The van der Waals surface area contributed by atoms with E-state index >= 15 is 0 Å². The molecule has 2 aromatic rings. The minimum atomic E-state index is -4.53. The van der Waals surface area contributed by atoms with E-state index in [1.54, 1.807) is 30.3 Å². The molecule has 1 unspecified atom stereocenters. The van der Waals surface area contributed by atoms with Gasteiger partial charge in [0.15, 0.2) is 11.5 Å². The molecule has 2 aromatic carbocycles. The van der Waals surface area contributed by atoms with E-state index in [1.807, 2.05) is 4.72 Å². The molecular weight excluding hydrogens is 448 g/mol. The normalized spacial score (nSPS) is 14.9. The minimum Gasteiger partial charge on any atom is -0.439 e. The van der Waals surface area contributed by atoms with Crippen molar-refractivity contribution in [3.63, 3.8) is 0 Å². The monoisotopic (exact) mass is 467 g/mol. The van der Waals surface area contributed by atoms with Gasteiger partial charge in [-0.3, -0.25) is 9.59 Å². The maximum absolute atomic E-state index is 13.7. The Labute approximate surface area is 182 Å². The van der Waals surface area contributed by atoms with Crippen LogP contribution in [-0.4, -0.2) is 50.9 Å². The van der Waals surface area contributed by atoms with Crippen LogP contribution < -0.4 is 10.0 Å². The van der Waals surface area contributed by atoms with Gasteiger partial charge in [-0.25, -0.2) is 31.6 Å². The molecule has 0 saturated carbocycles. The summed E-state index contributed by atoms with van der Waals surface area (Å²) >= 11 is 0. The van der Waals surface area contributed by atoms with Crippen molar-refractivity contribution in [2.45, 2.75) is 17.4 Å². The quantitative estimate of drug-likeness (QED) is 0.576. The predicted octanol–water partition coefficient (Wildman–Crippen LogP) is 1.47. The Morgan fingerprint density at radius 1 is 1.06 bits per heavy atom. The van der Waals surface area contributed by atoms with Gasteiger partial charge in [0.1, 0.15) is 11.6 Å². The largest absolute Gasteiger partial charge is 0.439 e. The Hall–Kier alpha value is -3.38. The van der Waals surface area contributed by atoms with Gasteiger partial charge < -0.3 is 10.1 Å². The number of sulfonamides is 1. The van der Waals surface area contributed by atoms with E-state index in [1.165, 1.54) is 0 Å². The summed E-state index contributed by atoms with van der Waals surface area (Å²) in [5.41, 5.74) is 0.599. The van der Waals surface area contributed by atoms with Gasteiger partial charge in [-0.1, -0.05) is 36.4 Å². The highest BCUT2D eigenvalue weighted by molar-refractivity contribution is 7.89. The van der Waals surface area contributed by atoms with Gasteiger partial charge in [0.2, 0.25) is 15.9 Å². The molecule has 3 amide bonds. The lowest BCUT2D eigenvalue weighted by molar-refractivity contribution is -0.127. The number of halogens is 2. The number of nitrogens with one attached hydrogen (secondary N) is 2. The van der Waals surface area contributed by atoms with E-state index in [9.17, 15) is 31.6 Å². The van der Waals surface area contributed by atoms with E-state index in [-0.39, 0.29) is 19.6 Å². The third kappa shape index (κ3) is 5.45. The van der Waals surface area contributed by atoms with Gasteiger partial charge in [0, 0.05) is 13.0 Å². The molecule has 2 N–H and O–H groups in total. The number of carbonyl (C=O) groups is 3. The first-order valence-electron chi connectivity index (χ1n) is 9.44. The van der Waals surface area contributed by atoms with Crippen molar-refractivity contribution in [3.05, 3.63) is 65.7 Å². The fourth-order valence-corrected chi connectivity index (χ4v) is 4.20. The Morgan fingerprint density at radius 3 is 2.31 bits per heavy atom.